The summed E-state index contributed by atoms with van der Waals surface area (Å²) in [5, 5.41) is 7.79. The van der Waals surface area contributed by atoms with Gasteiger partial charge in [0.1, 0.15) is 0 Å². The van der Waals surface area contributed by atoms with Crippen LogP contribution in [0.15, 0.2) is 11.4 Å². The van der Waals surface area contributed by atoms with Gasteiger partial charge in [0.2, 0.25) is 5.91 Å². The minimum atomic E-state index is -0.0339. The molecule has 0 aromatic carbocycles. The summed E-state index contributed by atoms with van der Waals surface area (Å²) in [6, 6.07) is 2.33. The largest absolute Gasteiger partial charge is 0.356 e. The first-order valence-electron chi connectivity index (χ1n) is 7.48. The van der Waals surface area contributed by atoms with Gasteiger partial charge in [-0.1, -0.05) is 6.92 Å². The first kappa shape index (κ1) is 15.8. The summed E-state index contributed by atoms with van der Waals surface area (Å²) in [5.74, 6) is -0.0339. The maximum Gasteiger partial charge on any atom is 0.317 e. The van der Waals surface area contributed by atoms with E-state index in [2.05, 4.69) is 29.0 Å². The molecule has 0 saturated heterocycles. The summed E-state index contributed by atoms with van der Waals surface area (Å²) in [4.78, 5) is 26.4. The number of carbonyl (C=O) groups is 2. The average Bonchev–Trinajstić information content (AvgIpc) is 2.93. The number of nitrogens with zero attached hydrogens (tertiary/aromatic N) is 1. The zero-order chi connectivity index (χ0) is 15.2. The lowest BCUT2D eigenvalue weighted by atomic mass is 9.98. The monoisotopic (exact) mass is 309 g/mol. The average molecular weight is 309 g/mol. The van der Waals surface area contributed by atoms with Crippen LogP contribution >= 0.6 is 11.3 Å². The summed E-state index contributed by atoms with van der Waals surface area (Å²) in [6.07, 6.45) is 2.63. The molecule has 0 bridgehead atoms. The molecule has 3 amide bonds. The Bertz CT molecular complexity index is 501. The highest BCUT2D eigenvalue weighted by Gasteiger charge is 2.29. The molecule has 1 atom stereocenters. The predicted octanol–water partition coefficient (Wildman–Crippen LogP) is 2.29. The smallest absolute Gasteiger partial charge is 0.317 e. The summed E-state index contributed by atoms with van der Waals surface area (Å²) in [5.41, 5.74) is 1.31. The predicted molar refractivity (Wildman–Crippen MR) is 84.5 cm³/mol. The molecule has 1 aromatic rings. The van der Waals surface area contributed by atoms with E-state index in [1.54, 1.807) is 11.3 Å². The first-order valence-corrected chi connectivity index (χ1v) is 8.36. The van der Waals surface area contributed by atoms with E-state index in [9.17, 15) is 9.59 Å². The Labute approximate surface area is 129 Å². The van der Waals surface area contributed by atoms with Crippen LogP contribution in [0.25, 0.3) is 0 Å². The summed E-state index contributed by atoms with van der Waals surface area (Å²) < 4.78 is 0. The minimum absolute atomic E-state index is 0.00141. The molecule has 2 N–H and O–H groups in total. The molecule has 0 fully saturated rings. The van der Waals surface area contributed by atoms with Gasteiger partial charge in [0.15, 0.2) is 0 Å². The molecule has 0 spiro atoms. The van der Waals surface area contributed by atoms with Crippen LogP contribution in [0.3, 0.4) is 0 Å². The molecule has 21 heavy (non-hydrogen) atoms. The Morgan fingerprint density at radius 3 is 2.86 bits per heavy atom. The fourth-order valence-corrected chi connectivity index (χ4v) is 3.66. The third-order valence-corrected chi connectivity index (χ3v) is 4.74. The SMILES string of the molecule is CC[C@H]1c2ccsc2CCN1C(=O)NCCCNC(C)=O. The van der Waals surface area contributed by atoms with E-state index in [4.69, 9.17) is 0 Å². The van der Waals surface area contributed by atoms with Gasteiger partial charge < -0.3 is 15.5 Å². The van der Waals surface area contributed by atoms with E-state index in [0.717, 1.165) is 25.8 Å². The molecule has 0 unspecified atom stereocenters. The molecule has 0 radical (unpaired) electrons. The van der Waals surface area contributed by atoms with Gasteiger partial charge in [-0.25, -0.2) is 4.79 Å². The van der Waals surface area contributed by atoms with Gasteiger partial charge in [0.05, 0.1) is 6.04 Å². The second-order valence-corrected chi connectivity index (χ2v) is 6.24. The number of rotatable bonds is 5. The standard InChI is InChI=1S/C15H23N3O2S/c1-3-13-12-6-10-21-14(12)5-9-18(13)15(20)17-8-4-7-16-11(2)19/h6,10,13H,3-5,7-9H2,1-2H3,(H,16,19)(H,17,20)/t13-/m0/s1. The van der Waals surface area contributed by atoms with E-state index in [1.807, 2.05) is 4.90 Å². The molecule has 1 aliphatic rings. The van der Waals surface area contributed by atoms with Crippen LogP contribution in [-0.4, -0.2) is 36.5 Å². The molecule has 2 heterocycles. The van der Waals surface area contributed by atoms with Crippen LogP contribution in [0, 0.1) is 0 Å². The lowest BCUT2D eigenvalue weighted by molar-refractivity contribution is -0.118. The summed E-state index contributed by atoms with van der Waals surface area (Å²) in [7, 11) is 0. The highest BCUT2D eigenvalue weighted by Crippen LogP contribution is 2.34. The fraction of sp³-hybridized carbons (Fsp3) is 0.600. The quantitative estimate of drug-likeness (QED) is 0.820. The Balaban J connectivity index is 1.84. The van der Waals surface area contributed by atoms with Crippen molar-refractivity contribution in [1.82, 2.24) is 15.5 Å². The molecule has 1 aliphatic heterocycles. The Morgan fingerprint density at radius 2 is 2.14 bits per heavy atom. The summed E-state index contributed by atoms with van der Waals surface area (Å²) >= 11 is 1.79. The maximum absolute atomic E-state index is 12.3. The zero-order valence-corrected chi connectivity index (χ0v) is 13.5. The van der Waals surface area contributed by atoms with Crippen LogP contribution in [0.1, 0.15) is 43.2 Å². The molecular formula is C15H23N3O2S. The van der Waals surface area contributed by atoms with Gasteiger partial charge in [0, 0.05) is 31.4 Å². The Morgan fingerprint density at radius 1 is 1.38 bits per heavy atom. The highest BCUT2D eigenvalue weighted by atomic mass is 32.1. The fourth-order valence-electron chi connectivity index (χ4n) is 2.73. The molecule has 0 aliphatic carbocycles. The van der Waals surface area contributed by atoms with Crippen molar-refractivity contribution in [2.24, 2.45) is 0 Å². The Hall–Kier alpha value is -1.56. The van der Waals surface area contributed by atoms with Crippen molar-refractivity contribution in [3.8, 4) is 0 Å². The molecule has 2 rings (SSSR count). The summed E-state index contributed by atoms with van der Waals surface area (Å²) in [6.45, 7) is 5.58. The van der Waals surface area contributed by atoms with E-state index in [0.29, 0.717) is 13.1 Å². The first-order chi connectivity index (χ1) is 10.1. The van der Waals surface area contributed by atoms with Gasteiger partial charge in [-0.2, -0.15) is 0 Å². The second kappa shape index (κ2) is 7.45. The number of fused-ring (bicyclic) bond motifs is 1. The van der Waals surface area contributed by atoms with Crippen LogP contribution in [0.4, 0.5) is 4.79 Å². The van der Waals surface area contributed by atoms with Crippen molar-refractivity contribution in [3.63, 3.8) is 0 Å². The number of hydrogen-bond acceptors (Lipinski definition) is 3. The van der Waals surface area contributed by atoms with Gasteiger partial charge in [-0.3, -0.25) is 4.79 Å². The lowest BCUT2D eigenvalue weighted by Gasteiger charge is -2.35. The maximum atomic E-state index is 12.3. The number of nitrogens with one attached hydrogen (secondary N) is 2. The number of thiophene rings is 1. The molecule has 1 aromatic heterocycles. The van der Waals surface area contributed by atoms with Crippen LogP contribution in [0.5, 0.6) is 0 Å². The molecular weight excluding hydrogens is 286 g/mol. The third kappa shape index (κ3) is 3.97. The normalized spacial score (nSPS) is 17.2. The van der Waals surface area contributed by atoms with Crippen molar-refractivity contribution >= 4 is 23.3 Å². The van der Waals surface area contributed by atoms with Gasteiger partial charge in [-0.05, 0) is 36.3 Å². The van der Waals surface area contributed by atoms with Gasteiger partial charge in [0.25, 0.3) is 0 Å². The zero-order valence-electron chi connectivity index (χ0n) is 12.6. The third-order valence-electron chi connectivity index (χ3n) is 3.75. The van der Waals surface area contributed by atoms with Gasteiger partial charge in [-0.15, -0.1) is 11.3 Å². The molecule has 0 saturated carbocycles. The van der Waals surface area contributed by atoms with Crippen molar-refractivity contribution in [2.45, 2.75) is 39.2 Å². The lowest BCUT2D eigenvalue weighted by Crippen LogP contribution is -2.45. The molecule has 5 nitrogen and oxygen atoms in total. The molecule has 6 heteroatoms. The van der Waals surface area contributed by atoms with E-state index in [-0.39, 0.29) is 18.0 Å². The topological polar surface area (TPSA) is 61.4 Å². The van der Waals surface area contributed by atoms with Crippen LogP contribution < -0.4 is 10.6 Å². The number of urea groups is 1. The van der Waals surface area contributed by atoms with Crippen molar-refractivity contribution in [1.29, 1.82) is 0 Å². The van der Waals surface area contributed by atoms with E-state index in [1.165, 1.54) is 17.4 Å². The van der Waals surface area contributed by atoms with Gasteiger partial charge >= 0.3 is 6.03 Å². The van der Waals surface area contributed by atoms with Crippen LogP contribution in [-0.2, 0) is 11.2 Å². The van der Waals surface area contributed by atoms with E-state index < -0.39 is 0 Å². The van der Waals surface area contributed by atoms with E-state index >= 15 is 0 Å². The minimum Gasteiger partial charge on any atom is -0.356 e. The molecule has 116 valence electrons. The number of amides is 3. The second-order valence-electron chi connectivity index (χ2n) is 5.24. The number of hydrogen-bond donors (Lipinski definition) is 2. The van der Waals surface area contributed by atoms with Crippen LogP contribution in [0.2, 0.25) is 0 Å². The Kier molecular flexibility index (Phi) is 5.61. The highest BCUT2D eigenvalue weighted by molar-refractivity contribution is 7.10. The van der Waals surface area contributed by atoms with Crippen molar-refractivity contribution in [2.75, 3.05) is 19.6 Å². The van der Waals surface area contributed by atoms with Crippen molar-refractivity contribution < 1.29 is 9.59 Å². The van der Waals surface area contributed by atoms with Crippen molar-refractivity contribution in [3.05, 3.63) is 21.9 Å². The number of carbonyl (C=O) groups excluding carboxylic acids is 2.